The first kappa shape index (κ1) is 8.51. The van der Waals surface area contributed by atoms with Crippen LogP contribution in [0.25, 0.3) is 0 Å². The van der Waals surface area contributed by atoms with Crippen LogP contribution in [0.2, 0.25) is 5.15 Å². The van der Waals surface area contributed by atoms with Gasteiger partial charge in [-0.1, -0.05) is 17.7 Å². The molecule has 0 aromatic carbocycles. The summed E-state index contributed by atoms with van der Waals surface area (Å²) < 4.78 is 0. The Labute approximate surface area is 81.8 Å². The Balaban J connectivity index is 2.01. The maximum absolute atomic E-state index is 5.71. The summed E-state index contributed by atoms with van der Waals surface area (Å²) in [5.74, 6) is 0.701. The van der Waals surface area contributed by atoms with Crippen LogP contribution in [-0.4, -0.2) is 10.7 Å². The first-order valence-corrected chi connectivity index (χ1v) is 4.66. The predicted molar refractivity (Wildman–Crippen MR) is 54.2 cm³/mol. The number of rotatable bonds is 2. The van der Waals surface area contributed by atoms with E-state index >= 15 is 0 Å². The van der Waals surface area contributed by atoms with Crippen LogP contribution in [0.15, 0.2) is 23.3 Å². The summed E-state index contributed by atoms with van der Waals surface area (Å²) >= 11 is 5.71. The minimum atomic E-state index is 0.485. The molecule has 0 amide bonds. The highest BCUT2D eigenvalue weighted by Gasteiger charge is 2.09. The number of hydrogen-bond acceptors (Lipinski definition) is 3. The smallest absolute Gasteiger partial charge is 0.147 e. The van der Waals surface area contributed by atoms with Gasteiger partial charge in [0.1, 0.15) is 11.0 Å². The zero-order valence-corrected chi connectivity index (χ0v) is 7.88. The molecule has 0 spiro atoms. The fourth-order valence-electron chi connectivity index (χ4n) is 1.05. The lowest BCUT2D eigenvalue weighted by Crippen LogP contribution is -2.11. The second-order valence-electron chi connectivity index (χ2n) is 2.99. The van der Waals surface area contributed by atoms with Gasteiger partial charge in [-0.25, -0.2) is 4.98 Å². The number of anilines is 1. The Kier molecular flexibility index (Phi) is 2.45. The summed E-state index contributed by atoms with van der Waals surface area (Å²) in [5.41, 5.74) is 4.09. The fourth-order valence-corrected chi connectivity index (χ4v) is 1.22. The van der Waals surface area contributed by atoms with Gasteiger partial charge >= 0.3 is 0 Å². The first-order valence-electron chi connectivity index (χ1n) is 4.28. The summed E-state index contributed by atoms with van der Waals surface area (Å²) in [6, 6.07) is 5.43. The molecule has 3 nitrogen and oxygen atoms in total. The lowest BCUT2D eigenvalue weighted by atomic mass is 9.98. The van der Waals surface area contributed by atoms with Crippen molar-refractivity contribution in [2.24, 2.45) is 5.10 Å². The number of aromatic nitrogens is 1. The summed E-state index contributed by atoms with van der Waals surface area (Å²) in [5, 5.41) is 4.67. The van der Waals surface area contributed by atoms with E-state index in [-0.39, 0.29) is 0 Å². The van der Waals surface area contributed by atoms with Crippen molar-refractivity contribution >= 4 is 23.1 Å². The lowest BCUT2D eigenvalue weighted by Gasteiger charge is -2.13. The molecule has 0 aliphatic heterocycles. The van der Waals surface area contributed by atoms with Crippen molar-refractivity contribution < 1.29 is 0 Å². The van der Waals surface area contributed by atoms with Gasteiger partial charge in [0, 0.05) is 5.71 Å². The topological polar surface area (TPSA) is 37.3 Å². The number of nitrogens with one attached hydrogen (secondary N) is 1. The van der Waals surface area contributed by atoms with Crippen molar-refractivity contribution in [1.82, 2.24) is 4.98 Å². The molecule has 1 aliphatic carbocycles. The zero-order chi connectivity index (χ0) is 9.10. The largest absolute Gasteiger partial charge is 0.261 e. The number of halogens is 1. The van der Waals surface area contributed by atoms with Gasteiger partial charge in [0.25, 0.3) is 0 Å². The molecule has 0 bridgehead atoms. The molecule has 0 unspecified atom stereocenters. The van der Waals surface area contributed by atoms with E-state index in [1.165, 1.54) is 12.1 Å². The maximum atomic E-state index is 5.71. The zero-order valence-electron chi connectivity index (χ0n) is 7.13. The minimum Gasteiger partial charge on any atom is -0.261 e. The Morgan fingerprint density at radius 1 is 1.38 bits per heavy atom. The van der Waals surface area contributed by atoms with Gasteiger partial charge in [0.15, 0.2) is 0 Å². The molecule has 0 saturated heterocycles. The molecule has 1 aliphatic rings. The van der Waals surface area contributed by atoms with Crippen molar-refractivity contribution in [2.45, 2.75) is 19.3 Å². The Morgan fingerprint density at radius 3 is 2.85 bits per heavy atom. The molecular formula is C9H10ClN3. The molecule has 1 heterocycles. The van der Waals surface area contributed by atoms with Crippen molar-refractivity contribution in [2.75, 3.05) is 5.43 Å². The molecule has 1 saturated carbocycles. The normalized spacial score (nSPS) is 15.0. The van der Waals surface area contributed by atoms with Crippen molar-refractivity contribution in [3.63, 3.8) is 0 Å². The molecule has 1 fully saturated rings. The first-order chi connectivity index (χ1) is 6.34. The van der Waals surface area contributed by atoms with Crippen LogP contribution in [0.4, 0.5) is 5.82 Å². The standard InChI is InChI=1S/C9H10ClN3/c10-8-5-2-6-9(11-8)13-12-7-3-1-4-7/h2,5-6H,1,3-4H2,(H,11,13). The molecule has 1 aromatic rings. The summed E-state index contributed by atoms with van der Waals surface area (Å²) in [4.78, 5) is 4.05. The van der Waals surface area contributed by atoms with Gasteiger partial charge in [-0.15, -0.1) is 0 Å². The third kappa shape index (κ3) is 2.18. The van der Waals surface area contributed by atoms with E-state index in [2.05, 4.69) is 15.5 Å². The quantitative estimate of drug-likeness (QED) is 0.582. The Bertz CT molecular complexity index is 329. The van der Waals surface area contributed by atoms with Gasteiger partial charge in [-0.05, 0) is 31.4 Å². The van der Waals surface area contributed by atoms with E-state index in [1.54, 1.807) is 6.07 Å². The van der Waals surface area contributed by atoms with Crippen LogP contribution in [0.5, 0.6) is 0 Å². The van der Waals surface area contributed by atoms with Crippen LogP contribution >= 0.6 is 11.6 Å². The van der Waals surface area contributed by atoms with Gasteiger partial charge in [0.05, 0.1) is 0 Å². The van der Waals surface area contributed by atoms with Crippen LogP contribution in [0, 0.1) is 0 Å². The average Bonchev–Trinajstić information content (AvgIpc) is 2.01. The van der Waals surface area contributed by atoms with Crippen molar-refractivity contribution in [3.8, 4) is 0 Å². The molecule has 13 heavy (non-hydrogen) atoms. The van der Waals surface area contributed by atoms with Crippen LogP contribution in [-0.2, 0) is 0 Å². The van der Waals surface area contributed by atoms with Crippen LogP contribution in [0.1, 0.15) is 19.3 Å². The predicted octanol–water partition coefficient (Wildman–Crippen LogP) is 2.69. The monoisotopic (exact) mass is 195 g/mol. The summed E-state index contributed by atoms with van der Waals surface area (Å²) in [6.45, 7) is 0. The fraction of sp³-hybridized carbons (Fsp3) is 0.333. The summed E-state index contributed by atoms with van der Waals surface area (Å²) in [6.07, 6.45) is 3.46. The average molecular weight is 196 g/mol. The van der Waals surface area contributed by atoms with Crippen LogP contribution in [0.3, 0.4) is 0 Å². The molecule has 1 N–H and O–H groups in total. The number of hydrazone groups is 1. The number of pyridine rings is 1. The maximum Gasteiger partial charge on any atom is 0.147 e. The molecule has 0 atom stereocenters. The lowest BCUT2D eigenvalue weighted by molar-refractivity contribution is 0.798. The van der Waals surface area contributed by atoms with E-state index in [1.807, 2.05) is 12.1 Å². The van der Waals surface area contributed by atoms with E-state index in [0.29, 0.717) is 11.0 Å². The van der Waals surface area contributed by atoms with E-state index < -0.39 is 0 Å². The summed E-state index contributed by atoms with van der Waals surface area (Å²) in [7, 11) is 0. The minimum absolute atomic E-state index is 0.485. The van der Waals surface area contributed by atoms with E-state index in [4.69, 9.17) is 11.6 Å². The third-order valence-electron chi connectivity index (χ3n) is 1.97. The second-order valence-corrected chi connectivity index (χ2v) is 3.38. The van der Waals surface area contributed by atoms with Gasteiger partial charge < -0.3 is 0 Å². The van der Waals surface area contributed by atoms with Gasteiger partial charge in [-0.3, -0.25) is 5.43 Å². The molecular weight excluding hydrogens is 186 g/mol. The highest BCUT2D eigenvalue weighted by atomic mass is 35.5. The highest BCUT2D eigenvalue weighted by molar-refractivity contribution is 6.29. The number of nitrogens with zero attached hydrogens (tertiary/aromatic N) is 2. The Morgan fingerprint density at radius 2 is 2.23 bits per heavy atom. The van der Waals surface area contributed by atoms with Crippen LogP contribution < -0.4 is 5.43 Å². The third-order valence-corrected chi connectivity index (χ3v) is 2.18. The molecule has 1 aromatic heterocycles. The molecule has 2 rings (SSSR count). The van der Waals surface area contributed by atoms with E-state index in [9.17, 15) is 0 Å². The molecule has 68 valence electrons. The van der Waals surface area contributed by atoms with Gasteiger partial charge in [-0.2, -0.15) is 5.10 Å². The second kappa shape index (κ2) is 3.75. The highest BCUT2D eigenvalue weighted by Crippen LogP contribution is 2.15. The SMILES string of the molecule is Clc1cccc(NN=C2CCC2)n1. The van der Waals surface area contributed by atoms with Gasteiger partial charge in [0.2, 0.25) is 0 Å². The molecule has 4 heteroatoms. The van der Waals surface area contributed by atoms with Crippen molar-refractivity contribution in [1.29, 1.82) is 0 Å². The van der Waals surface area contributed by atoms with E-state index in [0.717, 1.165) is 12.8 Å². The Hall–Kier alpha value is -1.09. The number of hydrogen-bond donors (Lipinski definition) is 1. The molecule has 0 radical (unpaired) electrons. The van der Waals surface area contributed by atoms with Crippen molar-refractivity contribution in [3.05, 3.63) is 23.4 Å².